The summed E-state index contributed by atoms with van der Waals surface area (Å²) in [4.78, 5) is 4.17. The van der Waals surface area contributed by atoms with Gasteiger partial charge in [0.25, 0.3) is 0 Å². The maximum atomic E-state index is 5.93. The van der Waals surface area contributed by atoms with Gasteiger partial charge >= 0.3 is 0 Å². The molecule has 1 N–H and O–H groups in total. The van der Waals surface area contributed by atoms with E-state index in [1.165, 1.54) is 12.0 Å². The van der Waals surface area contributed by atoms with E-state index in [9.17, 15) is 0 Å². The Morgan fingerprint density at radius 2 is 2.41 bits per heavy atom. The van der Waals surface area contributed by atoms with Crippen molar-refractivity contribution >= 4 is 17.2 Å². The van der Waals surface area contributed by atoms with E-state index in [2.05, 4.69) is 16.4 Å². The van der Waals surface area contributed by atoms with Gasteiger partial charge in [-0.3, -0.25) is 0 Å². The maximum Gasteiger partial charge on any atom is 0.171 e. The first-order valence-corrected chi connectivity index (χ1v) is 6.29. The molecule has 1 aromatic heterocycles. The Hall–Kier alpha value is -1.06. The first kappa shape index (κ1) is 11.1. The molecule has 1 saturated heterocycles. The molecular formula is C13H15ClN2O. The quantitative estimate of drug-likeness (QED) is 0.819. The van der Waals surface area contributed by atoms with Gasteiger partial charge in [-0.2, -0.15) is 0 Å². The molecule has 2 atom stereocenters. The van der Waals surface area contributed by atoms with Gasteiger partial charge < -0.3 is 10.1 Å². The van der Waals surface area contributed by atoms with Crippen molar-refractivity contribution in [3.8, 4) is 5.75 Å². The van der Waals surface area contributed by atoms with Crippen LogP contribution >= 0.6 is 11.6 Å². The molecule has 0 radical (unpaired) electrons. The summed E-state index contributed by atoms with van der Waals surface area (Å²) < 4.78 is 5.20. The lowest BCUT2D eigenvalue weighted by Gasteiger charge is -2.08. The molecule has 3 rings (SSSR count). The van der Waals surface area contributed by atoms with E-state index in [0.29, 0.717) is 16.9 Å². The highest BCUT2D eigenvalue weighted by Crippen LogP contribution is 2.38. The van der Waals surface area contributed by atoms with Crippen LogP contribution in [-0.4, -0.2) is 24.7 Å². The van der Waals surface area contributed by atoms with Gasteiger partial charge in [0.1, 0.15) is 0 Å². The fourth-order valence-corrected chi connectivity index (χ4v) is 2.91. The van der Waals surface area contributed by atoms with Gasteiger partial charge in [0.05, 0.1) is 7.11 Å². The van der Waals surface area contributed by atoms with E-state index in [1.807, 2.05) is 12.3 Å². The molecule has 0 aromatic carbocycles. The third kappa shape index (κ3) is 1.94. The summed E-state index contributed by atoms with van der Waals surface area (Å²) in [5.74, 6) is 1.40. The van der Waals surface area contributed by atoms with Crippen LogP contribution in [0.2, 0.25) is 5.15 Å². The highest BCUT2D eigenvalue weighted by molar-refractivity contribution is 6.30. The second-order valence-electron chi connectivity index (χ2n) is 4.64. The normalized spacial score (nSPS) is 26.8. The van der Waals surface area contributed by atoms with Crippen molar-refractivity contribution in [1.82, 2.24) is 10.3 Å². The number of rotatable bonds is 2. The molecule has 0 amide bonds. The molecule has 1 aliphatic heterocycles. The first-order valence-electron chi connectivity index (χ1n) is 5.92. The van der Waals surface area contributed by atoms with Crippen molar-refractivity contribution in [2.24, 2.45) is 5.92 Å². The third-order valence-corrected chi connectivity index (χ3v) is 3.95. The zero-order chi connectivity index (χ0) is 11.8. The molecule has 1 aliphatic carbocycles. The minimum Gasteiger partial charge on any atom is -0.494 e. The van der Waals surface area contributed by atoms with Crippen molar-refractivity contribution in [2.75, 3.05) is 13.7 Å². The highest BCUT2D eigenvalue weighted by Gasteiger charge is 2.31. The van der Waals surface area contributed by atoms with Crippen LogP contribution in [0.25, 0.3) is 5.57 Å². The number of halogens is 1. The summed E-state index contributed by atoms with van der Waals surface area (Å²) in [5, 5.41) is 3.93. The lowest BCUT2D eigenvalue weighted by molar-refractivity contribution is 0.413. The highest BCUT2D eigenvalue weighted by atomic mass is 35.5. The predicted molar refractivity (Wildman–Crippen MR) is 68.3 cm³/mol. The van der Waals surface area contributed by atoms with Crippen molar-refractivity contribution in [2.45, 2.75) is 18.9 Å². The molecule has 0 unspecified atom stereocenters. The number of pyridine rings is 1. The minimum absolute atomic E-state index is 0.424. The number of nitrogens with zero attached hydrogens (tertiary/aromatic N) is 1. The Kier molecular flexibility index (Phi) is 2.81. The fraction of sp³-hybridized carbons (Fsp3) is 0.462. The molecule has 2 heterocycles. The van der Waals surface area contributed by atoms with Crippen LogP contribution in [0.3, 0.4) is 0 Å². The van der Waals surface area contributed by atoms with Gasteiger partial charge in [-0.1, -0.05) is 17.7 Å². The molecule has 90 valence electrons. The number of fused-ring (bicyclic) bond motifs is 1. The largest absolute Gasteiger partial charge is 0.494 e. The molecular weight excluding hydrogens is 236 g/mol. The van der Waals surface area contributed by atoms with Gasteiger partial charge in [0.15, 0.2) is 10.9 Å². The molecule has 1 fully saturated rings. The predicted octanol–water partition coefficient (Wildman–Crippen LogP) is 2.51. The van der Waals surface area contributed by atoms with Crippen molar-refractivity contribution in [3.05, 3.63) is 29.1 Å². The van der Waals surface area contributed by atoms with E-state index in [1.54, 1.807) is 7.11 Å². The van der Waals surface area contributed by atoms with E-state index in [-0.39, 0.29) is 0 Å². The van der Waals surface area contributed by atoms with Crippen LogP contribution < -0.4 is 10.1 Å². The van der Waals surface area contributed by atoms with Gasteiger partial charge in [-0.25, -0.2) is 4.98 Å². The molecule has 0 saturated carbocycles. The lowest BCUT2D eigenvalue weighted by atomic mass is 10.00. The third-order valence-electron chi connectivity index (χ3n) is 3.66. The molecule has 3 nitrogen and oxygen atoms in total. The summed E-state index contributed by atoms with van der Waals surface area (Å²) in [7, 11) is 1.62. The number of ether oxygens (including phenoxy) is 1. The Morgan fingerprint density at radius 3 is 3.18 bits per heavy atom. The average molecular weight is 251 g/mol. The van der Waals surface area contributed by atoms with Crippen LogP contribution in [0.1, 0.15) is 18.4 Å². The van der Waals surface area contributed by atoms with Crippen LogP contribution in [-0.2, 0) is 0 Å². The summed E-state index contributed by atoms with van der Waals surface area (Å²) in [6, 6.07) is 2.52. The number of hydrogen-bond acceptors (Lipinski definition) is 3. The number of aromatic nitrogens is 1. The van der Waals surface area contributed by atoms with Crippen LogP contribution in [0, 0.1) is 5.92 Å². The SMILES string of the molecule is COc1cc(C2=C[C@@H]3NCC[C@@H]3C2)cnc1Cl. The Balaban J connectivity index is 1.90. The number of hydrogen-bond donors (Lipinski definition) is 1. The van der Waals surface area contributed by atoms with Crippen LogP contribution in [0.5, 0.6) is 5.75 Å². The number of allylic oxidation sites excluding steroid dienone is 1. The maximum absolute atomic E-state index is 5.93. The molecule has 0 bridgehead atoms. The van der Waals surface area contributed by atoms with E-state index >= 15 is 0 Å². The topological polar surface area (TPSA) is 34.1 Å². The van der Waals surface area contributed by atoms with E-state index < -0.39 is 0 Å². The summed E-state index contributed by atoms with van der Waals surface area (Å²) in [6.45, 7) is 1.14. The smallest absolute Gasteiger partial charge is 0.171 e. The standard InChI is InChI=1S/C13H15ClN2O/c1-17-12-6-10(7-16-13(12)14)9-4-8-2-3-15-11(8)5-9/h5-8,11,15H,2-4H2,1H3/t8-,11+/m1/s1. The van der Waals surface area contributed by atoms with Gasteiger partial charge in [-0.15, -0.1) is 0 Å². The molecule has 0 spiro atoms. The molecule has 1 aromatic rings. The monoisotopic (exact) mass is 250 g/mol. The molecule has 2 aliphatic rings. The Morgan fingerprint density at radius 1 is 1.53 bits per heavy atom. The number of methoxy groups -OCH3 is 1. The number of nitrogens with one attached hydrogen (secondary N) is 1. The van der Waals surface area contributed by atoms with Gasteiger partial charge in [0, 0.05) is 12.2 Å². The zero-order valence-corrected chi connectivity index (χ0v) is 10.5. The van der Waals surface area contributed by atoms with Gasteiger partial charge in [-0.05, 0) is 42.5 Å². The van der Waals surface area contributed by atoms with Crippen LogP contribution in [0.4, 0.5) is 0 Å². The second-order valence-corrected chi connectivity index (χ2v) is 5.00. The fourth-order valence-electron chi connectivity index (χ4n) is 2.73. The van der Waals surface area contributed by atoms with E-state index in [4.69, 9.17) is 16.3 Å². The Bertz CT molecular complexity index is 472. The molecule has 17 heavy (non-hydrogen) atoms. The van der Waals surface area contributed by atoms with Crippen molar-refractivity contribution in [3.63, 3.8) is 0 Å². The van der Waals surface area contributed by atoms with E-state index in [0.717, 1.165) is 24.4 Å². The van der Waals surface area contributed by atoms with Crippen molar-refractivity contribution in [1.29, 1.82) is 0 Å². The first-order chi connectivity index (χ1) is 8.28. The summed E-state index contributed by atoms with van der Waals surface area (Å²) in [5.41, 5.74) is 2.48. The van der Waals surface area contributed by atoms with Gasteiger partial charge in [0.2, 0.25) is 0 Å². The van der Waals surface area contributed by atoms with Crippen LogP contribution in [0.15, 0.2) is 18.3 Å². The zero-order valence-electron chi connectivity index (χ0n) is 9.74. The summed E-state index contributed by atoms with van der Waals surface area (Å²) in [6.07, 6.45) is 6.55. The summed E-state index contributed by atoms with van der Waals surface area (Å²) >= 11 is 5.93. The molecule has 4 heteroatoms. The Labute approximate surface area is 106 Å². The minimum atomic E-state index is 0.424. The lowest BCUT2D eigenvalue weighted by Crippen LogP contribution is -2.20. The van der Waals surface area contributed by atoms with Crippen molar-refractivity contribution < 1.29 is 4.74 Å². The average Bonchev–Trinajstić information content (AvgIpc) is 2.90. The second kappa shape index (κ2) is 4.31.